The highest BCUT2D eigenvalue weighted by atomic mass is 17.2. The van der Waals surface area contributed by atoms with E-state index in [1.807, 2.05) is 60.7 Å². The first-order valence-electron chi connectivity index (χ1n) is 8.00. The Morgan fingerprint density at radius 3 is 1.92 bits per heavy atom. The van der Waals surface area contributed by atoms with E-state index in [-0.39, 0.29) is 5.56 Å². The number of benzene rings is 3. The van der Waals surface area contributed by atoms with Gasteiger partial charge in [0.15, 0.2) is 11.4 Å². The number of carbonyl (C=O) groups is 2. The van der Waals surface area contributed by atoms with Crippen molar-refractivity contribution in [3.8, 4) is 5.75 Å². The summed E-state index contributed by atoms with van der Waals surface area (Å²) in [6.45, 7) is 0. The molecule has 3 aromatic rings. The molecule has 0 amide bonds. The van der Waals surface area contributed by atoms with E-state index < -0.39 is 17.4 Å². The lowest BCUT2D eigenvalue weighted by Gasteiger charge is -2.27. The van der Waals surface area contributed by atoms with Crippen LogP contribution in [0.15, 0.2) is 78.9 Å². The number of hydrogen-bond acceptors (Lipinski definition) is 5. The summed E-state index contributed by atoms with van der Waals surface area (Å²) in [5.41, 5.74) is 1.35. The molecule has 128 valence electrons. The van der Waals surface area contributed by atoms with Crippen molar-refractivity contribution in [3.05, 3.63) is 101 Å². The third-order valence-electron chi connectivity index (χ3n) is 4.43. The fourth-order valence-electron chi connectivity index (χ4n) is 3.21. The molecule has 1 aliphatic heterocycles. The van der Waals surface area contributed by atoms with E-state index in [9.17, 15) is 14.7 Å². The maximum atomic E-state index is 11.7. The predicted octanol–water partition coefficient (Wildman–Crippen LogP) is 2.24. The number of carboxylic acid groups (broad SMARTS) is 1. The van der Waals surface area contributed by atoms with Gasteiger partial charge in [0.25, 0.3) is 0 Å². The van der Waals surface area contributed by atoms with E-state index in [1.165, 1.54) is 12.1 Å². The lowest BCUT2D eigenvalue weighted by atomic mass is 9.80. The number of ketones is 1. The van der Waals surface area contributed by atoms with Gasteiger partial charge in [0, 0.05) is 11.1 Å². The summed E-state index contributed by atoms with van der Waals surface area (Å²) in [5, 5.41) is 10.8. The molecule has 0 bridgehead atoms. The van der Waals surface area contributed by atoms with Crippen LogP contribution in [0.2, 0.25) is 0 Å². The molecule has 3 aromatic carbocycles. The molecule has 0 atom stereocenters. The largest absolute Gasteiger partial charge is 0.541 e. The number of carbonyl (C=O) groups excluding carboxylic acids is 2. The van der Waals surface area contributed by atoms with Crippen LogP contribution < -0.4 is 9.99 Å². The minimum atomic E-state index is -1.76. The van der Waals surface area contributed by atoms with Crippen molar-refractivity contribution in [3.63, 3.8) is 0 Å². The lowest BCUT2D eigenvalue weighted by Crippen LogP contribution is -2.31. The highest BCUT2D eigenvalue weighted by molar-refractivity contribution is 6.39. The molecule has 0 fully saturated rings. The zero-order valence-electron chi connectivity index (χ0n) is 13.5. The maximum absolute atomic E-state index is 11.7. The van der Waals surface area contributed by atoms with E-state index in [0.29, 0.717) is 11.3 Å². The third-order valence-corrected chi connectivity index (χ3v) is 4.43. The first kappa shape index (κ1) is 16.1. The number of aliphatic carboxylic acids is 1. The van der Waals surface area contributed by atoms with Gasteiger partial charge in [-0.3, -0.25) is 4.79 Å². The molecule has 0 aromatic heterocycles. The standard InChI is InChI=1S/C21H14O5/c22-19(20(23)24)14-11-12-17-18(13-14)25-26-21(17,15-7-3-1-4-8-15)16-9-5-2-6-10-16/h1-13H,(H,23,24)/p-1. The Balaban J connectivity index is 1.92. The Hall–Kier alpha value is -3.44. The molecule has 0 spiro atoms. The summed E-state index contributed by atoms with van der Waals surface area (Å²) in [5.74, 6) is -2.57. The molecule has 0 saturated heterocycles. The molecule has 0 radical (unpaired) electrons. The van der Waals surface area contributed by atoms with Gasteiger partial charge >= 0.3 is 0 Å². The van der Waals surface area contributed by atoms with Crippen molar-refractivity contribution < 1.29 is 24.5 Å². The Morgan fingerprint density at radius 2 is 1.38 bits per heavy atom. The predicted molar refractivity (Wildman–Crippen MR) is 90.3 cm³/mol. The molecule has 5 heteroatoms. The molecule has 26 heavy (non-hydrogen) atoms. The average molecular weight is 345 g/mol. The molecule has 0 aliphatic carbocycles. The SMILES string of the molecule is O=C([O-])C(=O)c1ccc2c(c1)OOC2(c1ccccc1)c1ccccc1. The van der Waals surface area contributed by atoms with Gasteiger partial charge in [-0.05, 0) is 17.2 Å². The topological polar surface area (TPSA) is 75.7 Å². The third kappa shape index (κ3) is 2.37. The van der Waals surface area contributed by atoms with Gasteiger partial charge in [0.1, 0.15) is 5.97 Å². The van der Waals surface area contributed by atoms with Crippen molar-refractivity contribution >= 4 is 11.8 Å². The minimum Gasteiger partial charge on any atom is -0.541 e. The van der Waals surface area contributed by atoms with Crippen molar-refractivity contribution in [2.75, 3.05) is 0 Å². The fraction of sp³-hybridized carbons (Fsp3) is 0.0476. The number of rotatable bonds is 4. The Kier molecular flexibility index (Phi) is 3.78. The van der Waals surface area contributed by atoms with E-state index in [0.717, 1.165) is 11.1 Å². The highest BCUT2D eigenvalue weighted by Crippen LogP contribution is 2.49. The van der Waals surface area contributed by atoms with Crippen LogP contribution >= 0.6 is 0 Å². The van der Waals surface area contributed by atoms with Crippen LogP contribution in [-0.2, 0) is 15.3 Å². The van der Waals surface area contributed by atoms with Crippen LogP contribution in [0.1, 0.15) is 27.0 Å². The number of hydrogen-bond donors (Lipinski definition) is 0. The normalized spacial score (nSPS) is 14.3. The molecular formula is C21H13O5-. The van der Waals surface area contributed by atoms with Gasteiger partial charge in [-0.2, -0.15) is 4.89 Å². The van der Waals surface area contributed by atoms with E-state index in [4.69, 9.17) is 9.78 Å². The van der Waals surface area contributed by atoms with Gasteiger partial charge in [0.05, 0.1) is 0 Å². The summed E-state index contributed by atoms with van der Waals surface area (Å²) in [4.78, 5) is 33.8. The van der Waals surface area contributed by atoms with Gasteiger partial charge in [-0.15, -0.1) is 0 Å². The lowest BCUT2D eigenvalue weighted by molar-refractivity contribution is -0.296. The van der Waals surface area contributed by atoms with Crippen LogP contribution in [0.4, 0.5) is 0 Å². The highest BCUT2D eigenvalue weighted by Gasteiger charge is 2.46. The average Bonchev–Trinajstić information content (AvgIpc) is 3.08. The molecule has 0 unspecified atom stereocenters. The molecule has 1 heterocycles. The Labute approximate surface area is 149 Å². The summed E-state index contributed by atoms with van der Waals surface area (Å²) >= 11 is 0. The molecule has 0 saturated carbocycles. The number of fused-ring (bicyclic) bond motifs is 1. The van der Waals surface area contributed by atoms with Gasteiger partial charge < -0.3 is 14.8 Å². The zero-order chi connectivity index (χ0) is 18.1. The summed E-state index contributed by atoms with van der Waals surface area (Å²) < 4.78 is 0. The minimum absolute atomic E-state index is 0.0238. The van der Waals surface area contributed by atoms with Crippen molar-refractivity contribution in [2.24, 2.45) is 0 Å². The van der Waals surface area contributed by atoms with Gasteiger partial charge in [-0.1, -0.05) is 72.8 Å². The van der Waals surface area contributed by atoms with Crippen molar-refractivity contribution in [1.82, 2.24) is 0 Å². The van der Waals surface area contributed by atoms with E-state index >= 15 is 0 Å². The number of carboxylic acids is 1. The second kappa shape index (κ2) is 6.13. The first-order valence-corrected chi connectivity index (χ1v) is 8.00. The van der Waals surface area contributed by atoms with Crippen LogP contribution in [0.3, 0.4) is 0 Å². The molecule has 5 nitrogen and oxygen atoms in total. The summed E-state index contributed by atoms with van der Waals surface area (Å²) in [6.07, 6.45) is 0. The summed E-state index contributed by atoms with van der Waals surface area (Å²) in [7, 11) is 0. The molecule has 0 N–H and O–H groups in total. The van der Waals surface area contributed by atoms with Crippen LogP contribution in [0.5, 0.6) is 5.75 Å². The van der Waals surface area contributed by atoms with Gasteiger partial charge in [-0.25, -0.2) is 0 Å². The Bertz CT molecular complexity index is 940. The smallest absolute Gasteiger partial charge is 0.208 e. The molecule has 4 rings (SSSR count). The quantitative estimate of drug-likeness (QED) is 0.412. The van der Waals surface area contributed by atoms with Crippen LogP contribution in [-0.4, -0.2) is 11.8 Å². The van der Waals surface area contributed by atoms with Crippen LogP contribution in [0, 0.1) is 0 Å². The van der Waals surface area contributed by atoms with Gasteiger partial charge in [0.2, 0.25) is 5.78 Å². The van der Waals surface area contributed by atoms with Crippen molar-refractivity contribution in [2.45, 2.75) is 5.60 Å². The molecule has 1 aliphatic rings. The van der Waals surface area contributed by atoms with E-state index in [2.05, 4.69) is 0 Å². The molecular weight excluding hydrogens is 332 g/mol. The van der Waals surface area contributed by atoms with Crippen molar-refractivity contribution in [1.29, 1.82) is 0 Å². The second-order valence-corrected chi connectivity index (χ2v) is 5.91. The van der Waals surface area contributed by atoms with Crippen LogP contribution in [0.25, 0.3) is 0 Å². The Morgan fingerprint density at radius 1 is 0.808 bits per heavy atom. The maximum Gasteiger partial charge on any atom is 0.208 e. The zero-order valence-corrected chi connectivity index (χ0v) is 13.5. The second-order valence-electron chi connectivity index (χ2n) is 5.91. The number of Topliss-reactive ketones (excluding diaryl/α,β-unsaturated/α-hetero) is 1. The monoisotopic (exact) mass is 345 g/mol. The fourth-order valence-corrected chi connectivity index (χ4v) is 3.21. The summed E-state index contributed by atoms with van der Waals surface area (Å²) in [6, 6.07) is 23.5. The first-order chi connectivity index (χ1) is 12.6. The van der Waals surface area contributed by atoms with E-state index in [1.54, 1.807) is 6.07 Å².